The molecule has 0 unspecified atom stereocenters. The lowest BCUT2D eigenvalue weighted by Crippen LogP contribution is -2.10. The highest BCUT2D eigenvalue weighted by atomic mass is 19.1. The number of benzene rings is 1. The Kier molecular flexibility index (Phi) is 3.46. The Morgan fingerprint density at radius 1 is 1.20 bits per heavy atom. The molecule has 1 aromatic heterocycles. The third-order valence-electron chi connectivity index (χ3n) is 3.37. The summed E-state index contributed by atoms with van der Waals surface area (Å²) in [5, 5.41) is 0. The first-order valence-corrected chi connectivity index (χ1v) is 6.62. The molecule has 0 N–H and O–H groups in total. The molecule has 0 fully saturated rings. The van der Waals surface area contributed by atoms with Crippen molar-refractivity contribution in [3.8, 4) is 11.6 Å². The fourth-order valence-corrected chi connectivity index (χ4v) is 2.40. The van der Waals surface area contributed by atoms with E-state index < -0.39 is 6.67 Å². The number of hydrogen-bond donors (Lipinski definition) is 0. The summed E-state index contributed by atoms with van der Waals surface area (Å²) in [4.78, 5) is 15.8. The number of aryl methyl sites for hydroxylation is 1. The van der Waals surface area contributed by atoms with Gasteiger partial charge in [0.2, 0.25) is 5.88 Å². The van der Waals surface area contributed by atoms with Gasteiger partial charge in [-0.05, 0) is 42.7 Å². The first-order valence-electron chi connectivity index (χ1n) is 6.62. The largest absolute Gasteiger partial charge is 0.439 e. The summed E-state index contributed by atoms with van der Waals surface area (Å²) in [5.74, 6) is 1.18. The second kappa shape index (κ2) is 5.41. The topological polar surface area (TPSA) is 39.2 Å². The lowest BCUT2D eigenvalue weighted by molar-refractivity contribution is 0.0972. The number of alkyl halides is 1. The van der Waals surface area contributed by atoms with Gasteiger partial charge in [-0.3, -0.25) is 4.79 Å². The van der Waals surface area contributed by atoms with Crippen LogP contribution < -0.4 is 4.74 Å². The van der Waals surface area contributed by atoms with Crippen molar-refractivity contribution >= 4 is 5.78 Å². The van der Waals surface area contributed by atoms with Crippen molar-refractivity contribution in [3.63, 3.8) is 0 Å². The third kappa shape index (κ3) is 2.54. The van der Waals surface area contributed by atoms with Crippen molar-refractivity contribution < 1.29 is 13.9 Å². The van der Waals surface area contributed by atoms with E-state index >= 15 is 0 Å². The number of rotatable bonds is 3. The van der Waals surface area contributed by atoms with Gasteiger partial charge in [-0.2, -0.15) is 0 Å². The van der Waals surface area contributed by atoms with Crippen LogP contribution in [0.5, 0.6) is 11.6 Å². The Balaban J connectivity index is 1.86. The zero-order chi connectivity index (χ0) is 13.9. The minimum atomic E-state index is -0.615. The first-order chi connectivity index (χ1) is 9.76. The van der Waals surface area contributed by atoms with Gasteiger partial charge < -0.3 is 4.74 Å². The molecule has 3 nitrogen and oxygen atoms in total. The number of ketones is 1. The van der Waals surface area contributed by atoms with Gasteiger partial charge in [0.15, 0.2) is 5.78 Å². The van der Waals surface area contributed by atoms with Crippen LogP contribution in [0.4, 0.5) is 4.39 Å². The van der Waals surface area contributed by atoms with Crippen LogP contribution >= 0.6 is 0 Å². The molecule has 0 aliphatic heterocycles. The molecule has 1 aliphatic carbocycles. The Morgan fingerprint density at radius 3 is 2.95 bits per heavy atom. The van der Waals surface area contributed by atoms with E-state index in [0.29, 0.717) is 23.7 Å². The molecule has 1 aliphatic rings. The van der Waals surface area contributed by atoms with Crippen LogP contribution in [0, 0.1) is 0 Å². The number of hydrogen-bond acceptors (Lipinski definition) is 3. The standard InChI is InChI=1S/C16H14FNO2/c17-10-12-4-2-6-16(18-12)20-13-7-8-14-11(9-13)3-1-5-15(14)19/h2,4,6-9H,1,3,5,10H2. The van der Waals surface area contributed by atoms with E-state index in [-0.39, 0.29) is 5.78 Å². The average molecular weight is 271 g/mol. The SMILES string of the molecule is O=C1CCCc2cc(Oc3cccc(CF)n3)ccc21. The molecule has 1 aromatic carbocycles. The van der Waals surface area contributed by atoms with Crippen LogP contribution in [0.15, 0.2) is 36.4 Å². The molecule has 3 rings (SSSR count). The number of pyridine rings is 1. The molecule has 0 saturated carbocycles. The third-order valence-corrected chi connectivity index (χ3v) is 3.37. The number of nitrogens with zero attached hydrogens (tertiary/aromatic N) is 1. The second-order valence-electron chi connectivity index (χ2n) is 4.80. The lowest BCUT2D eigenvalue weighted by Gasteiger charge is -2.15. The normalized spacial score (nSPS) is 13.9. The summed E-state index contributed by atoms with van der Waals surface area (Å²) in [6.07, 6.45) is 2.38. The lowest BCUT2D eigenvalue weighted by atomic mass is 9.91. The zero-order valence-corrected chi connectivity index (χ0v) is 10.9. The van der Waals surface area contributed by atoms with Gasteiger partial charge in [0, 0.05) is 18.1 Å². The number of aromatic nitrogens is 1. The maximum absolute atomic E-state index is 12.6. The predicted octanol–water partition coefficient (Wildman–Crippen LogP) is 3.86. The van der Waals surface area contributed by atoms with Crippen LogP contribution in [-0.4, -0.2) is 10.8 Å². The summed E-state index contributed by atoms with van der Waals surface area (Å²) < 4.78 is 18.2. The van der Waals surface area contributed by atoms with Crippen LogP contribution in [-0.2, 0) is 13.1 Å². The molecule has 2 aromatic rings. The van der Waals surface area contributed by atoms with Crippen molar-refractivity contribution in [3.05, 3.63) is 53.2 Å². The van der Waals surface area contributed by atoms with E-state index in [0.717, 1.165) is 24.0 Å². The van der Waals surface area contributed by atoms with Crippen molar-refractivity contribution in [2.24, 2.45) is 0 Å². The van der Waals surface area contributed by atoms with Gasteiger partial charge in [-0.1, -0.05) is 6.07 Å². The molecular formula is C16H14FNO2. The van der Waals surface area contributed by atoms with Crippen molar-refractivity contribution in [2.45, 2.75) is 25.9 Å². The van der Waals surface area contributed by atoms with Gasteiger partial charge in [-0.15, -0.1) is 0 Å². The van der Waals surface area contributed by atoms with E-state index in [2.05, 4.69) is 4.98 Å². The molecule has 0 radical (unpaired) electrons. The summed E-state index contributed by atoms with van der Waals surface area (Å²) >= 11 is 0. The van der Waals surface area contributed by atoms with Crippen LogP contribution in [0.3, 0.4) is 0 Å². The summed E-state index contributed by atoms with van der Waals surface area (Å²) in [5.41, 5.74) is 2.14. The molecule has 0 amide bonds. The number of ether oxygens (including phenoxy) is 1. The molecule has 102 valence electrons. The molecule has 20 heavy (non-hydrogen) atoms. The van der Waals surface area contributed by atoms with Gasteiger partial charge in [0.25, 0.3) is 0 Å². The molecule has 0 spiro atoms. The minimum absolute atomic E-state index is 0.190. The molecule has 0 saturated heterocycles. The van der Waals surface area contributed by atoms with Gasteiger partial charge in [0.1, 0.15) is 12.4 Å². The molecule has 0 atom stereocenters. The number of halogens is 1. The van der Waals surface area contributed by atoms with E-state index in [1.807, 2.05) is 6.07 Å². The van der Waals surface area contributed by atoms with Crippen LogP contribution in [0.2, 0.25) is 0 Å². The zero-order valence-electron chi connectivity index (χ0n) is 10.9. The number of carbonyl (C=O) groups is 1. The maximum atomic E-state index is 12.6. The van der Waals surface area contributed by atoms with Crippen LogP contribution in [0.25, 0.3) is 0 Å². The molecule has 4 heteroatoms. The average Bonchev–Trinajstić information content (AvgIpc) is 2.47. The highest BCUT2D eigenvalue weighted by molar-refractivity contribution is 5.98. The Bertz CT molecular complexity index is 655. The van der Waals surface area contributed by atoms with Gasteiger partial charge in [-0.25, -0.2) is 9.37 Å². The number of fused-ring (bicyclic) bond motifs is 1. The predicted molar refractivity (Wildman–Crippen MR) is 72.8 cm³/mol. The summed E-state index contributed by atoms with van der Waals surface area (Å²) in [6, 6.07) is 10.4. The monoisotopic (exact) mass is 271 g/mol. The quantitative estimate of drug-likeness (QED) is 0.850. The Morgan fingerprint density at radius 2 is 2.10 bits per heavy atom. The smallest absolute Gasteiger partial charge is 0.219 e. The molecular weight excluding hydrogens is 257 g/mol. The van der Waals surface area contributed by atoms with E-state index in [1.165, 1.54) is 0 Å². The van der Waals surface area contributed by atoms with E-state index in [4.69, 9.17) is 4.74 Å². The maximum Gasteiger partial charge on any atom is 0.219 e. The van der Waals surface area contributed by atoms with Crippen LogP contribution in [0.1, 0.15) is 34.5 Å². The van der Waals surface area contributed by atoms with Gasteiger partial charge >= 0.3 is 0 Å². The number of carbonyl (C=O) groups excluding carboxylic acids is 1. The fraction of sp³-hybridized carbons (Fsp3) is 0.250. The highest BCUT2D eigenvalue weighted by Gasteiger charge is 2.17. The minimum Gasteiger partial charge on any atom is -0.439 e. The molecule has 1 heterocycles. The van der Waals surface area contributed by atoms with Crippen molar-refractivity contribution in [2.75, 3.05) is 0 Å². The number of Topliss-reactive ketones (excluding diaryl/α,β-unsaturated/α-hetero) is 1. The van der Waals surface area contributed by atoms with Gasteiger partial charge in [0.05, 0.1) is 5.69 Å². The Hall–Kier alpha value is -2.23. The highest BCUT2D eigenvalue weighted by Crippen LogP contribution is 2.27. The molecule has 0 bridgehead atoms. The summed E-state index contributed by atoms with van der Waals surface area (Å²) in [6.45, 7) is -0.615. The Labute approximate surface area is 116 Å². The summed E-state index contributed by atoms with van der Waals surface area (Å²) in [7, 11) is 0. The second-order valence-corrected chi connectivity index (χ2v) is 4.80. The van der Waals surface area contributed by atoms with E-state index in [9.17, 15) is 9.18 Å². The fourth-order valence-electron chi connectivity index (χ4n) is 2.40. The van der Waals surface area contributed by atoms with Crippen molar-refractivity contribution in [1.82, 2.24) is 4.98 Å². The van der Waals surface area contributed by atoms with Crippen molar-refractivity contribution in [1.29, 1.82) is 0 Å². The van der Waals surface area contributed by atoms with E-state index in [1.54, 1.807) is 30.3 Å². The first kappa shape index (κ1) is 12.8.